The van der Waals surface area contributed by atoms with Gasteiger partial charge in [-0.05, 0) is 30.3 Å². The number of aromatic nitrogens is 1. The number of carbonyl (C=O) groups is 2. The van der Waals surface area contributed by atoms with Gasteiger partial charge in [-0.3, -0.25) is 19.0 Å². The minimum Gasteiger partial charge on any atom is -0.368 e. The maximum atomic E-state index is 12.5. The van der Waals surface area contributed by atoms with Crippen LogP contribution >= 0.6 is 0 Å². The van der Waals surface area contributed by atoms with E-state index in [0.717, 1.165) is 10.6 Å². The van der Waals surface area contributed by atoms with Gasteiger partial charge in [-0.25, -0.2) is 8.42 Å². The molecule has 1 fully saturated rings. The van der Waals surface area contributed by atoms with Crippen molar-refractivity contribution >= 4 is 21.8 Å². The first kappa shape index (κ1) is 19.8. The summed E-state index contributed by atoms with van der Waals surface area (Å²) in [6, 6.07) is 9.40. The topological polar surface area (TPSA) is 132 Å². The largest absolute Gasteiger partial charge is 0.368 e. The van der Waals surface area contributed by atoms with Crippen LogP contribution in [0.4, 0.5) is 0 Å². The van der Waals surface area contributed by atoms with Crippen molar-refractivity contribution in [1.82, 2.24) is 14.2 Å². The fourth-order valence-electron chi connectivity index (χ4n) is 3.02. The molecule has 1 aliphatic heterocycles. The van der Waals surface area contributed by atoms with Crippen molar-refractivity contribution < 1.29 is 18.0 Å². The summed E-state index contributed by atoms with van der Waals surface area (Å²) in [6.45, 7) is -0.0737. The van der Waals surface area contributed by atoms with Crippen LogP contribution in [0.1, 0.15) is 10.4 Å². The first-order valence-electron chi connectivity index (χ1n) is 8.37. The number of primary amides is 1. The van der Waals surface area contributed by atoms with Gasteiger partial charge in [0, 0.05) is 42.5 Å². The van der Waals surface area contributed by atoms with E-state index < -0.39 is 33.9 Å². The molecule has 147 valence electrons. The van der Waals surface area contributed by atoms with Crippen molar-refractivity contribution in [3.63, 3.8) is 0 Å². The van der Waals surface area contributed by atoms with Gasteiger partial charge in [0.05, 0.1) is 6.26 Å². The fraction of sp³-hybridized carbons (Fsp3) is 0.222. The van der Waals surface area contributed by atoms with Crippen LogP contribution in [0.2, 0.25) is 0 Å². The molecule has 0 saturated carbocycles. The molecule has 3 rings (SSSR count). The molecule has 3 N–H and O–H groups in total. The van der Waals surface area contributed by atoms with Crippen LogP contribution in [0.5, 0.6) is 0 Å². The highest BCUT2D eigenvalue weighted by molar-refractivity contribution is 7.88. The van der Waals surface area contributed by atoms with E-state index in [4.69, 9.17) is 5.73 Å². The predicted octanol–water partition coefficient (Wildman–Crippen LogP) is -0.731. The monoisotopic (exact) mass is 403 g/mol. The zero-order valence-electron chi connectivity index (χ0n) is 15.0. The van der Waals surface area contributed by atoms with E-state index in [2.05, 4.69) is 5.32 Å². The third-order valence-corrected chi connectivity index (χ3v) is 5.59. The van der Waals surface area contributed by atoms with Crippen LogP contribution in [0.15, 0.2) is 53.5 Å². The zero-order valence-corrected chi connectivity index (χ0v) is 15.8. The average molecular weight is 403 g/mol. The summed E-state index contributed by atoms with van der Waals surface area (Å²) in [4.78, 5) is 35.8. The Hall–Kier alpha value is -2.98. The predicted molar refractivity (Wildman–Crippen MR) is 102 cm³/mol. The number of amides is 2. The maximum absolute atomic E-state index is 12.5. The quantitative estimate of drug-likeness (QED) is 0.679. The Balaban J connectivity index is 1.72. The SMILES string of the molecule is CS(=O)(=O)N1CC(NC(=O)c2ccc(-n3ccccc3=O)cc2)[CH]C1C(N)=O. The molecule has 0 aliphatic carbocycles. The van der Waals surface area contributed by atoms with E-state index in [1.807, 2.05) is 0 Å². The summed E-state index contributed by atoms with van der Waals surface area (Å²) >= 11 is 0. The Morgan fingerprint density at radius 2 is 1.82 bits per heavy atom. The molecule has 2 atom stereocenters. The summed E-state index contributed by atoms with van der Waals surface area (Å²) in [7, 11) is -3.65. The van der Waals surface area contributed by atoms with E-state index in [9.17, 15) is 22.8 Å². The van der Waals surface area contributed by atoms with Crippen molar-refractivity contribution in [3.05, 3.63) is 71.0 Å². The summed E-state index contributed by atoms with van der Waals surface area (Å²) < 4.78 is 26.0. The van der Waals surface area contributed by atoms with Crippen molar-refractivity contribution in [3.8, 4) is 5.69 Å². The molecule has 2 unspecified atom stereocenters. The van der Waals surface area contributed by atoms with Crippen molar-refractivity contribution in [2.75, 3.05) is 12.8 Å². The first-order chi connectivity index (χ1) is 13.2. The Bertz CT molecular complexity index is 1060. The lowest BCUT2D eigenvalue weighted by atomic mass is 10.1. The molecule has 28 heavy (non-hydrogen) atoms. The van der Waals surface area contributed by atoms with E-state index in [-0.39, 0.29) is 12.1 Å². The number of nitrogens with two attached hydrogens (primary N) is 1. The fourth-order valence-corrected chi connectivity index (χ4v) is 4.04. The van der Waals surface area contributed by atoms with Gasteiger partial charge in [-0.1, -0.05) is 6.07 Å². The Morgan fingerprint density at radius 3 is 2.36 bits per heavy atom. The smallest absolute Gasteiger partial charge is 0.255 e. The number of hydrogen-bond donors (Lipinski definition) is 2. The maximum Gasteiger partial charge on any atom is 0.255 e. The molecule has 0 spiro atoms. The summed E-state index contributed by atoms with van der Waals surface area (Å²) in [6.07, 6.45) is 4.00. The second kappa shape index (κ2) is 7.56. The zero-order chi connectivity index (χ0) is 20.5. The number of carbonyl (C=O) groups excluding carboxylic acids is 2. The number of nitrogens with one attached hydrogen (secondary N) is 1. The second-order valence-corrected chi connectivity index (χ2v) is 8.34. The molecule has 1 radical (unpaired) electrons. The third-order valence-electron chi connectivity index (χ3n) is 4.37. The van der Waals surface area contributed by atoms with E-state index in [1.165, 1.54) is 17.1 Å². The highest BCUT2D eigenvalue weighted by atomic mass is 32.2. The molecule has 1 aliphatic rings. The minimum absolute atomic E-state index is 0.0737. The molecule has 1 aromatic heterocycles. The highest BCUT2D eigenvalue weighted by Gasteiger charge is 2.41. The number of nitrogens with zero attached hydrogens (tertiary/aromatic N) is 2. The average Bonchev–Trinajstić information content (AvgIpc) is 3.07. The normalized spacial score (nSPS) is 20.0. The van der Waals surface area contributed by atoms with Gasteiger partial charge in [0.25, 0.3) is 11.5 Å². The number of rotatable bonds is 5. The third kappa shape index (κ3) is 4.12. The van der Waals surface area contributed by atoms with Crippen molar-refractivity contribution in [2.24, 2.45) is 5.73 Å². The van der Waals surface area contributed by atoms with E-state index >= 15 is 0 Å². The molecule has 0 bridgehead atoms. The van der Waals surface area contributed by atoms with Crippen LogP contribution in [0, 0.1) is 6.42 Å². The molecule has 2 heterocycles. The lowest BCUT2D eigenvalue weighted by Gasteiger charge is -2.18. The molecule has 2 aromatic rings. The lowest BCUT2D eigenvalue weighted by Crippen LogP contribution is -2.43. The van der Waals surface area contributed by atoms with Crippen LogP contribution < -0.4 is 16.6 Å². The Labute approximate surface area is 161 Å². The molecule has 1 saturated heterocycles. The van der Waals surface area contributed by atoms with Crippen LogP contribution in [-0.4, -0.2) is 54.0 Å². The summed E-state index contributed by atoms with van der Waals surface area (Å²) in [5, 5.41) is 2.68. The summed E-state index contributed by atoms with van der Waals surface area (Å²) in [5.74, 6) is -1.24. The number of pyridine rings is 1. The van der Waals surface area contributed by atoms with Crippen LogP contribution in [0.25, 0.3) is 5.69 Å². The van der Waals surface area contributed by atoms with Gasteiger partial charge < -0.3 is 11.1 Å². The van der Waals surface area contributed by atoms with Gasteiger partial charge in [0.2, 0.25) is 15.9 Å². The molecule has 10 heteroatoms. The Kier molecular flexibility index (Phi) is 5.34. The van der Waals surface area contributed by atoms with Gasteiger partial charge >= 0.3 is 0 Å². The number of hydrogen-bond acceptors (Lipinski definition) is 5. The molecule has 2 amide bonds. The standard InChI is InChI=1S/C18H19N4O5S/c1-28(26,27)22-11-13(10-15(22)17(19)24)20-18(25)12-5-7-14(8-6-12)21-9-3-2-4-16(21)23/h2-10,13,15H,11H2,1H3,(H2,19,24)(H,20,25). The minimum atomic E-state index is -3.65. The highest BCUT2D eigenvalue weighted by Crippen LogP contribution is 2.20. The van der Waals surface area contributed by atoms with Crippen molar-refractivity contribution in [2.45, 2.75) is 12.1 Å². The van der Waals surface area contributed by atoms with E-state index in [1.54, 1.807) is 42.6 Å². The molecular formula is C18H19N4O5S. The lowest BCUT2D eigenvalue weighted by molar-refractivity contribution is -0.120. The van der Waals surface area contributed by atoms with Crippen molar-refractivity contribution in [1.29, 1.82) is 0 Å². The van der Waals surface area contributed by atoms with Gasteiger partial charge in [0.15, 0.2) is 0 Å². The Morgan fingerprint density at radius 1 is 1.14 bits per heavy atom. The summed E-state index contributed by atoms with van der Waals surface area (Å²) in [5.41, 5.74) is 5.99. The second-order valence-electron chi connectivity index (χ2n) is 6.41. The van der Waals surface area contributed by atoms with Gasteiger partial charge in [-0.15, -0.1) is 0 Å². The first-order valence-corrected chi connectivity index (χ1v) is 10.2. The van der Waals surface area contributed by atoms with Crippen LogP contribution in [0.3, 0.4) is 0 Å². The van der Waals surface area contributed by atoms with Gasteiger partial charge in [0.1, 0.15) is 6.04 Å². The number of sulfonamides is 1. The van der Waals surface area contributed by atoms with E-state index in [0.29, 0.717) is 11.3 Å². The molecule has 9 nitrogen and oxygen atoms in total. The molecule has 1 aromatic carbocycles. The molecular weight excluding hydrogens is 384 g/mol. The number of benzene rings is 1. The van der Waals surface area contributed by atoms with Gasteiger partial charge in [-0.2, -0.15) is 4.31 Å². The van der Waals surface area contributed by atoms with Crippen LogP contribution in [-0.2, 0) is 14.8 Å².